The highest BCUT2D eigenvalue weighted by Crippen LogP contribution is 2.18. The summed E-state index contributed by atoms with van der Waals surface area (Å²) in [7, 11) is -3.35. The Bertz CT molecular complexity index is 893. The lowest BCUT2D eigenvalue weighted by Gasteiger charge is -2.15. The van der Waals surface area contributed by atoms with Gasteiger partial charge in [0.2, 0.25) is 0 Å². The molecule has 1 amide bonds. The molecule has 5 nitrogen and oxygen atoms in total. The van der Waals surface area contributed by atoms with Crippen molar-refractivity contribution in [2.75, 3.05) is 0 Å². The third kappa shape index (κ3) is 4.25. The van der Waals surface area contributed by atoms with Crippen molar-refractivity contribution in [1.82, 2.24) is 5.32 Å². The van der Waals surface area contributed by atoms with E-state index in [0.29, 0.717) is 11.1 Å². The Morgan fingerprint density at radius 2 is 1.56 bits per heavy atom. The summed E-state index contributed by atoms with van der Waals surface area (Å²) < 4.78 is 24.2. The number of nitriles is 1. The molecular weight excluding hydrogens is 336 g/mol. The molecule has 0 aliphatic heterocycles. The molecule has 0 fully saturated rings. The van der Waals surface area contributed by atoms with Crippen LogP contribution in [0.25, 0.3) is 0 Å². The van der Waals surface area contributed by atoms with Crippen molar-refractivity contribution in [2.45, 2.75) is 37.0 Å². The van der Waals surface area contributed by atoms with Crippen LogP contribution in [0.3, 0.4) is 0 Å². The van der Waals surface area contributed by atoms with Gasteiger partial charge in [-0.25, -0.2) is 8.42 Å². The summed E-state index contributed by atoms with van der Waals surface area (Å²) in [5.41, 5.74) is 1.83. The minimum absolute atomic E-state index is 0.208. The first-order valence-corrected chi connectivity index (χ1v) is 9.45. The number of hydrogen-bond acceptors (Lipinski definition) is 4. The molecule has 0 aliphatic carbocycles. The molecule has 1 atom stereocenters. The van der Waals surface area contributed by atoms with E-state index in [-0.39, 0.29) is 16.8 Å². The maximum atomic E-state index is 12.3. The first kappa shape index (κ1) is 18.7. The summed E-state index contributed by atoms with van der Waals surface area (Å²) in [6.45, 7) is 5.08. The second-order valence-electron chi connectivity index (χ2n) is 6.05. The maximum absolute atomic E-state index is 12.3. The van der Waals surface area contributed by atoms with E-state index >= 15 is 0 Å². The molecular formula is C19H20N2O3S. The van der Waals surface area contributed by atoms with Crippen molar-refractivity contribution >= 4 is 15.7 Å². The summed E-state index contributed by atoms with van der Waals surface area (Å²) in [5, 5.41) is 11.2. The van der Waals surface area contributed by atoms with E-state index < -0.39 is 15.1 Å². The van der Waals surface area contributed by atoms with Crippen molar-refractivity contribution in [1.29, 1.82) is 5.26 Å². The van der Waals surface area contributed by atoms with Gasteiger partial charge >= 0.3 is 0 Å². The lowest BCUT2D eigenvalue weighted by atomic mass is 10.1. The number of carbonyl (C=O) groups excluding carboxylic acids is 1. The fourth-order valence-electron chi connectivity index (χ4n) is 2.28. The molecule has 2 rings (SSSR count). The second kappa shape index (κ2) is 7.49. The number of amides is 1. The summed E-state index contributed by atoms with van der Waals surface area (Å²) in [6, 6.07) is 14.7. The van der Waals surface area contributed by atoms with Gasteiger partial charge in [0.25, 0.3) is 5.91 Å². The quantitative estimate of drug-likeness (QED) is 0.891. The van der Waals surface area contributed by atoms with E-state index in [1.54, 1.807) is 38.1 Å². The molecule has 0 radical (unpaired) electrons. The van der Waals surface area contributed by atoms with Crippen LogP contribution >= 0.6 is 0 Å². The Kier molecular flexibility index (Phi) is 5.60. The highest BCUT2D eigenvalue weighted by Gasteiger charge is 2.19. The van der Waals surface area contributed by atoms with Crippen LogP contribution in [0.4, 0.5) is 0 Å². The van der Waals surface area contributed by atoms with E-state index in [4.69, 9.17) is 5.26 Å². The minimum atomic E-state index is -3.35. The molecule has 0 spiro atoms. The van der Waals surface area contributed by atoms with Crippen molar-refractivity contribution in [2.24, 2.45) is 0 Å². The molecule has 2 aromatic rings. The van der Waals surface area contributed by atoms with Gasteiger partial charge in [0.1, 0.15) is 0 Å². The highest BCUT2D eigenvalue weighted by molar-refractivity contribution is 7.92. The Labute approximate surface area is 148 Å². The molecule has 0 saturated carbocycles. The van der Waals surface area contributed by atoms with E-state index in [9.17, 15) is 13.2 Å². The number of benzene rings is 2. The molecule has 0 saturated heterocycles. The van der Waals surface area contributed by atoms with E-state index in [0.717, 1.165) is 5.56 Å². The van der Waals surface area contributed by atoms with Gasteiger partial charge in [0.05, 0.1) is 27.8 Å². The number of nitrogens with zero attached hydrogens (tertiary/aromatic N) is 1. The lowest BCUT2D eigenvalue weighted by molar-refractivity contribution is 0.0940. The molecule has 0 bridgehead atoms. The highest BCUT2D eigenvalue weighted by atomic mass is 32.2. The number of hydrogen-bond donors (Lipinski definition) is 1. The fourth-order valence-corrected chi connectivity index (χ4v) is 3.34. The largest absolute Gasteiger partial charge is 0.346 e. The molecule has 2 aromatic carbocycles. The van der Waals surface area contributed by atoms with Gasteiger partial charge in [-0.1, -0.05) is 12.1 Å². The van der Waals surface area contributed by atoms with E-state index in [1.165, 1.54) is 24.3 Å². The normalized spacial score (nSPS) is 12.4. The zero-order valence-electron chi connectivity index (χ0n) is 14.4. The molecule has 130 valence electrons. The molecule has 1 N–H and O–H groups in total. The molecule has 0 aromatic heterocycles. The zero-order valence-corrected chi connectivity index (χ0v) is 15.2. The number of rotatable bonds is 5. The second-order valence-corrected chi connectivity index (χ2v) is 8.55. The van der Waals surface area contributed by atoms with Crippen LogP contribution in [0.1, 0.15) is 48.3 Å². The molecule has 0 heterocycles. The Hall–Kier alpha value is -2.65. The Balaban J connectivity index is 2.11. The summed E-state index contributed by atoms with van der Waals surface area (Å²) in [6.07, 6.45) is 0. The standard InChI is InChI=1S/C19H20N2O3S/c1-13(2)25(23,24)18-10-8-17(9-11-18)19(22)21-14(3)16-6-4-15(12-20)5-7-16/h4-11,13-14H,1-3H3,(H,21,22)/t14-/m0/s1. The summed E-state index contributed by atoms with van der Waals surface area (Å²) >= 11 is 0. The van der Waals surface area contributed by atoms with Gasteiger partial charge in [-0.2, -0.15) is 5.26 Å². The summed E-state index contributed by atoms with van der Waals surface area (Å²) in [5.74, 6) is -0.287. The van der Waals surface area contributed by atoms with Gasteiger partial charge in [0, 0.05) is 5.56 Å². The smallest absolute Gasteiger partial charge is 0.251 e. The predicted molar refractivity (Wildman–Crippen MR) is 95.8 cm³/mol. The van der Waals surface area contributed by atoms with Crippen molar-refractivity contribution < 1.29 is 13.2 Å². The zero-order chi connectivity index (χ0) is 18.6. The van der Waals surface area contributed by atoms with Crippen LogP contribution in [0.2, 0.25) is 0 Å². The SMILES string of the molecule is CC(C)S(=O)(=O)c1ccc(C(=O)N[C@@H](C)c2ccc(C#N)cc2)cc1. The monoisotopic (exact) mass is 356 g/mol. The number of nitrogens with one attached hydrogen (secondary N) is 1. The van der Waals surface area contributed by atoms with Crippen LogP contribution in [0, 0.1) is 11.3 Å². The van der Waals surface area contributed by atoms with E-state index in [1.807, 2.05) is 13.0 Å². The molecule has 0 unspecified atom stereocenters. The topological polar surface area (TPSA) is 87.0 Å². The van der Waals surface area contributed by atoms with Crippen LogP contribution in [0.5, 0.6) is 0 Å². The number of carbonyl (C=O) groups is 1. The van der Waals surface area contributed by atoms with Crippen molar-refractivity contribution in [3.63, 3.8) is 0 Å². The Morgan fingerprint density at radius 3 is 2.04 bits per heavy atom. The van der Waals surface area contributed by atoms with Gasteiger partial charge in [-0.05, 0) is 62.7 Å². The molecule has 6 heteroatoms. The first-order chi connectivity index (χ1) is 11.8. The van der Waals surface area contributed by atoms with Crippen LogP contribution in [-0.2, 0) is 9.84 Å². The third-order valence-corrected chi connectivity index (χ3v) is 6.12. The fraction of sp³-hybridized carbons (Fsp3) is 0.263. The van der Waals surface area contributed by atoms with Crippen LogP contribution in [-0.4, -0.2) is 19.6 Å². The summed E-state index contributed by atoms with van der Waals surface area (Å²) in [4.78, 5) is 12.5. The first-order valence-electron chi connectivity index (χ1n) is 7.90. The third-order valence-electron chi connectivity index (χ3n) is 3.95. The Morgan fingerprint density at radius 1 is 1.00 bits per heavy atom. The van der Waals surface area contributed by atoms with Gasteiger partial charge < -0.3 is 5.32 Å². The lowest BCUT2D eigenvalue weighted by Crippen LogP contribution is -2.26. The molecule has 25 heavy (non-hydrogen) atoms. The van der Waals surface area contributed by atoms with Crippen LogP contribution in [0.15, 0.2) is 53.4 Å². The van der Waals surface area contributed by atoms with Gasteiger partial charge in [0.15, 0.2) is 9.84 Å². The predicted octanol–water partition coefficient (Wildman–Crippen LogP) is 3.23. The van der Waals surface area contributed by atoms with Gasteiger partial charge in [-0.3, -0.25) is 4.79 Å². The van der Waals surface area contributed by atoms with Crippen LogP contribution < -0.4 is 5.32 Å². The average molecular weight is 356 g/mol. The molecule has 0 aliphatic rings. The minimum Gasteiger partial charge on any atom is -0.346 e. The average Bonchev–Trinajstić information content (AvgIpc) is 2.61. The number of sulfone groups is 1. The van der Waals surface area contributed by atoms with E-state index in [2.05, 4.69) is 5.32 Å². The van der Waals surface area contributed by atoms with Crippen molar-refractivity contribution in [3.05, 3.63) is 65.2 Å². The maximum Gasteiger partial charge on any atom is 0.251 e. The van der Waals surface area contributed by atoms with Crippen molar-refractivity contribution in [3.8, 4) is 6.07 Å². The van der Waals surface area contributed by atoms with Gasteiger partial charge in [-0.15, -0.1) is 0 Å².